The van der Waals surface area contributed by atoms with Gasteiger partial charge in [-0.15, -0.1) is 0 Å². The lowest BCUT2D eigenvalue weighted by Gasteiger charge is -2.34. The van der Waals surface area contributed by atoms with Crippen LogP contribution >= 0.6 is 0 Å². The predicted molar refractivity (Wildman–Crippen MR) is 70.5 cm³/mol. The summed E-state index contributed by atoms with van der Waals surface area (Å²) in [6.45, 7) is 11.9. The van der Waals surface area contributed by atoms with E-state index in [9.17, 15) is 0 Å². The van der Waals surface area contributed by atoms with Crippen LogP contribution in [0.4, 0.5) is 0 Å². The Morgan fingerprint density at radius 3 is 1.88 bits per heavy atom. The molecule has 1 fully saturated rings. The third kappa shape index (κ3) is 6.99. The summed E-state index contributed by atoms with van der Waals surface area (Å²) in [7, 11) is 1.77. The van der Waals surface area contributed by atoms with Gasteiger partial charge in [-0.25, -0.2) is 0 Å². The molecule has 1 heterocycles. The molecule has 0 radical (unpaired) electrons. The third-order valence-electron chi connectivity index (χ3n) is 3.25. The highest BCUT2D eigenvalue weighted by Gasteiger charge is 2.15. The van der Waals surface area contributed by atoms with Crippen molar-refractivity contribution in [2.75, 3.05) is 66.2 Å². The molecule has 0 saturated carbocycles. The van der Waals surface area contributed by atoms with Gasteiger partial charge >= 0.3 is 0 Å². The second-order valence-corrected chi connectivity index (χ2v) is 4.58. The molecule has 0 unspecified atom stereocenters. The van der Waals surface area contributed by atoms with Crippen LogP contribution in [0.25, 0.3) is 0 Å². The molecule has 0 amide bonds. The van der Waals surface area contributed by atoms with Crippen LogP contribution in [0.1, 0.15) is 19.8 Å². The van der Waals surface area contributed by atoms with Crippen LogP contribution in [0.2, 0.25) is 0 Å². The minimum Gasteiger partial charge on any atom is -0.385 e. The van der Waals surface area contributed by atoms with Gasteiger partial charge < -0.3 is 19.3 Å². The summed E-state index contributed by atoms with van der Waals surface area (Å²) in [5, 5.41) is 0. The molecule has 1 rings (SSSR count). The molecule has 102 valence electrons. The van der Waals surface area contributed by atoms with Crippen molar-refractivity contribution >= 4 is 0 Å². The largest absolute Gasteiger partial charge is 0.385 e. The highest BCUT2D eigenvalue weighted by molar-refractivity contribution is 4.71. The maximum absolute atomic E-state index is 5.36. The maximum Gasteiger partial charge on any atom is 0.0478 e. The lowest BCUT2D eigenvalue weighted by molar-refractivity contribution is 0.0981. The molecule has 0 aromatic heterocycles. The van der Waals surface area contributed by atoms with E-state index in [1.54, 1.807) is 7.11 Å². The third-order valence-corrected chi connectivity index (χ3v) is 3.25. The van der Waals surface area contributed by atoms with Crippen LogP contribution in [0, 0.1) is 0 Å². The van der Waals surface area contributed by atoms with Gasteiger partial charge in [0, 0.05) is 66.2 Å². The summed E-state index contributed by atoms with van der Waals surface area (Å²) in [4.78, 5) is 5.09. The first-order valence-corrected chi connectivity index (χ1v) is 6.88. The van der Waals surface area contributed by atoms with Gasteiger partial charge in [-0.1, -0.05) is 0 Å². The minimum atomic E-state index is 0.841. The first-order valence-electron chi connectivity index (χ1n) is 6.88. The topological polar surface area (TPSA) is 24.9 Å². The standard InChI is InChI=1S/C13H28N2O2/c1-3-17-13-5-7-15-10-8-14(9-11-15)6-4-12-16-2/h3-13H2,1-2H3. The molecule has 0 aromatic carbocycles. The highest BCUT2D eigenvalue weighted by atomic mass is 16.5. The molecule has 4 nitrogen and oxygen atoms in total. The average Bonchev–Trinajstić information content (AvgIpc) is 2.37. The smallest absolute Gasteiger partial charge is 0.0478 e. The van der Waals surface area contributed by atoms with E-state index in [2.05, 4.69) is 16.7 Å². The number of nitrogens with zero attached hydrogens (tertiary/aromatic N) is 2. The summed E-state index contributed by atoms with van der Waals surface area (Å²) in [6, 6.07) is 0. The maximum atomic E-state index is 5.36. The van der Waals surface area contributed by atoms with Crippen LogP contribution in [0.3, 0.4) is 0 Å². The molecule has 0 atom stereocenters. The summed E-state index contributed by atoms with van der Waals surface area (Å²) >= 11 is 0. The average molecular weight is 244 g/mol. The van der Waals surface area contributed by atoms with Crippen molar-refractivity contribution in [3.63, 3.8) is 0 Å². The van der Waals surface area contributed by atoms with Crippen LogP contribution in [0.5, 0.6) is 0 Å². The zero-order valence-corrected chi connectivity index (χ0v) is 11.5. The second kappa shape index (κ2) is 9.83. The molecule has 1 saturated heterocycles. The number of rotatable bonds is 9. The molecule has 0 N–H and O–H groups in total. The SMILES string of the molecule is CCOCCCN1CCN(CCCOC)CC1. The van der Waals surface area contributed by atoms with Gasteiger partial charge in [0.15, 0.2) is 0 Å². The van der Waals surface area contributed by atoms with Gasteiger partial charge in [0.05, 0.1) is 0 Å². The van der Waals surface area contributed by atoms with Crippen LogP contribution in [-0.4, -0.2) is 76.0 Å². The molecule has 1 aliphatic rings. The summed E-state index contributed by atoms with van der Waals surface area (Å²) in [5.74, 6) is 0. The first-order chi connectivity index (χ1) is 8.36. The van der Waals surface area contributed by atoms with Crippen molar-refractivity contribution in [2.24, 2.45) is 0 Å². The Kier molecular flexibility index (Phi) is 8.61. The quantitative estimate of drug-likeness (QED) is 0.566. The van der Waals surface area contributed by atoms with Crippen LogP contribution in [0.15, 0.2) is 0 Å². The highest BCUT2D eigenvalue weighted by Crippen LogP contribution is 2.03. The van der Waals surface area contributed by atoms with E-state index in [-0.39, 0.29) is 0 Å². The predicted octanol–water partition coefficient (Wildman–Crippen LogP) is 1.07. The molecule has 17 heavy (non-hydrogen) atoms. The summed E-state index contributed by atoms with van der Waals surface area (Å²) in [5.41, 5.74) is 0. The van der Waals surface area contributed by atoms with E-state index in [4.69, 9.17) is 9.47 Å². The Morgan fingerprint density at radius 1 is 0.882 bits per heavy atom. The summed E-state index contributed by atoms with van der Waals surface area (Å²) < 4.78 is 10.4. The molecule has 0 bridgehead atoms. The zero-order valence-electron chi connectivity index (χ0n) is 11.5. The Bertz CT molecular complexity index is 171. The number of hydrogen-bond acceptors (Lipinski definition) is 4. The Labute approximate surface area is 106 Å². The molecule has 4 heteroatoms. The lowest BCUT2D eigenvalue weighted by Crippen LogP contribution is -2.47. The number of hydrogen-bond donors (Lipinski definition) is 0. The van der Waals surface area contributed by atoms with Gasteiger partial charge in [0.25, 0.3) is 0 Å². The molecular weight excluding hydrogens is 216 g/mol. The number of methoxy groups -OCH3 is 1. The van der Waals surface area contributed by atoms with Crippen molar-refractivity contribution in [3.8, 4) is 0 Å². The number of piperazine rings is 1. The van der Waals surface area contributed by atoms with E-state index in [0.29, 0.717) is 0 Å². The Morgan fingerprint density at radius 2 is 1.41 bits per heavy atom. The van der Waals surface area contributed by atoms with Crippen LogP contribution < -0.4 is 0 Å². The van der Waals surface area contributed by atoms with Crippen molar-refractivity contribution in [3.05, 3.63) is 0 Å². The Hall–Kier alpha value is -0.160. The van der Waals surface area contributed by atoms with E-state index in [1.807, 2.05) is 0 Å². The van der Waals surface area contributed by atoms with Gasteiger partial charge in [0.2, 0.25) is 0 Å². The fourth-order valence-electron chi connectivity index (χ4n) is 2.20. The number of ether oxygens (including phenoxy) is 2. The fraction of sp³-hybridized carbons (Fsp3) is 1.00. The van der Waals surface area contributed by atoms with Gasteiger partial charge in [-0.3, -0.25) is 0 Å². The van der Waals surface area contributed by atoms with E-state index in [1.165, 1.54) is 39.3 Å². The van der Waals surface area contributed by atoms with Gasteiger partial charge in [-0.2, -0.15) is 0 Å². The zero-order chi connectivity index (χ0) is 12.3. The monoisotopic (exact) mass is 244 g/mol. The summed E-state index contributed by atoms with van der Waals surface area (Å²) in [6.07, 6.45) is 2.32. The minimum absolute atomic E-state index is 0.841. The van der Waals surface area contributed by atoms with Crippen LogP contribution in [-0.2, 0) is 9.47 Å². The molecular formula is C13H28N2O2. The fourth-order valence-corrected chi connectivity index (χ4v) is 2.20. The first kappa shape index (κ1) is 14.9. The van der Waals surface area contributed by atoms with Gasteiger partial charge in [0.1, 0.15) is 0 Å². The molecule has 0 aliphatic carbocycles. The molecule has 0 spiro atoms. The molecule has 0 aromatic rings. The van der Waals surface area contributed by atoms with Crippen molar-refractivity contribution < 1.29 is 9.47 Å². The van der Waals surface area contributed by atoms with Crippen molar-refractivity contribution in [1.29, 1.82) is 0 Å². The van der Waals surface area contributed by atoms with Crippen molar-refractivity contribution in [1.82, 2.24) is 9.80 Å². The Balaban J connectivity index is 1.97. The lowest BCUT2D eigenvalue weighted by atomic mass is 10.2. The second-order valence-electron chi connectivity index (χ2n) is 4.58. The molecule has 1 aliphatic heterocycles. The van der Waals surface area contributed by atoms with E-state index >= 15 is 0 Å². The van der Waals surface area contributed by atoms with Crippen molar-refractivity contribution in [2.45, 2.75) is 19.8 Å². The van der Waals surface area contributed by atoms with Gasteiger partial charge in [-0.05, 0) is 19.8 Å². The van der Waals surface area contributed by atoms with E-state index < -0.39 is 0 Å². The normalized spacial score (nSPS) is 18.7. The van der Waals surface area contributed by atoms with E-state index in [0.717, 1.165) is 32.7 Å².